The molecule has 0 aromatic rings. The second-order valence-corrected chi connectivity index (χ2v) is 9.12. The van der Waals surface area contributed by atoms with Crippen LogP contribution in [0.3, 0.4) is 0 Å². The third-order valence-electron chi connectivity index (χ3n) is 3.03. The summed E-state index contributed by atoms with van der Waals surface area (Å²) in [6.07, 6.45) is 2.60. The molecular formula is C9H20N2O4S2. The van der Waals surface area contributed by atoms with Crippen LogP contribution in [0.2, 0.25) is 0 Å². The van der Waals surface area contributed by atoms with Gasteiger partial charge in [-0.1, -0.05) is 6.92 Å². The van der Waals surface area contributed by atoms with E-state index >= 15 is 0 Å². The van der Waals surface area contributed by atoms with Crippen LogP contribution in [0.15, 0.2) is 0 Å². The molecule has 1 aliphatic rings. The van der Waals surface area contributed by atoms with E-state index in [-0.39, 0.29) is 18.5 Å². The van der Waals surface area contributed by atoms with Crippen molar-refractivity contribution in [2.24, 2.45) is 11.7 Å². The largest absolute Gasteiger partial charge is 0.329 e. The quantitative estimate of drug-likeness (QED) is 0.742. The lowest BCUT2D eigenvalue weighted by Gasteiger charge is -2.38. The van der Waals surface area contributed by atoms with E-state index in [0.29, 0.717) is 6.54 Å². The first-order chi connectivity index (χ1) is 7.67. The summed E-state index contributed by atoms with van der Waals surface area (Å²) in [6, 6.07) is -0.282. The van der Waals surface area contributed by atoms with Crippen LogP contribution in [0.5, 0.6) is 0 Å². The van der Waals surface area contributed by atoms with Crippen molar-refractivity contribution in [1.82, 2.24) is 4.31 Å². The summed E-state index contributed by atoms with van der Waals surface area (Å²) in [5, 5.41) is -0.830. The molecule has 2 atom stereocenters. The third-order valence-corrected chi connectivity index (χ3v) is 7.10. The Morgan fingerprint density at radius 1 is 1.29 bits per heavy atom. The fourth-order valence-electron chi connectivity index (χ4n) is 2.24. The predicted octanol–water partition coefficient (Wildman–Crippen LogP) is -0.622. The summed E-state index contributed by atoms with van der Waals surface area (Å²) in [4.78, 5) is 0. The lowest BCUT2D eigenvalue weighted by molar-refractivity contribution is 0.193. The molecule has 6 nitrogen and oxygen atoms in total. The minimum atomic E-state index is -3.77. The number of rotatable bonds is 4. The van der Waals surface area contributed by atoms with Crippen LogP contribution < -0.4 is 5.73 Å². The second-order valence-electron chi connectivity index (χ2n) is 4.69. The van der Waals surface area contributed by atoms with Crippen molar-refractivity contribution >= 4 is 19.9 Å². The van der Waals surface area contributed by atoms with Gasteiger partial charge in [0.1, 0.15) is 0 Å². The van der Waals surface area contributed by atoms with Crippen LogP contribution in [-0.4, -0.2) is 51.6 Å². The highest BCUT2D eigenvalue weighted by Crippen LogP contribution is 2.25. The molecule has 102 valence electrons. The van der Waals surface area contributed by atoms with Gasteiger partial charge in [0.05, 0.1) is 0 Å². The zero-order chi connectivity index (χ0) is 13.3. The average Bonchev–Trinajstić information content (AvgIpc) is 2.13. The van der Waals surface area contributed by atoms with Gasteiger partial charge in [-0.3, -0.25) is 0 Å². The minimum Gasteiger partial charge on any atom is -0.329 e. The lowest BCUT2D eigenvalue weighted by atomic mass is 9.93. The van der Waals surface area contributed by atoms with Crippen molar-refractivity contribution < 1.29 is 16.8 Å². The zero-order valence-electron chi connectivity index (χ0n) is 10.2. The molecule has 1 aliphatic heterocycles. The Kier molecular flexibility index (Phi) is 4.56. The molecule has 0 radical (unpaired) electrons. The van der Waals surface area contributed by atoms with E-state index in [2.05, 4.69) is 0 Å². The molecule has 2 unspecified atom stereocenters. The first-order valence-corrected chi connectivity index (χ1v) is 9.21. The Morgan fingerprint density at radius 3 is 2.35 bits per heavy atom. The topological polar surface area (TPSA) is 97.5 Å². The van der Waals surface area contributed by atoms with E-state index in [9.17, 15) is 16.8 Å². The fraction of sp³-hybridized carbons (Fsp3) is 1.00. The molecule has 0 aromatic heterocycles. The van der Waals surface area contributed by atoms with Gasteiger partial charge in [0.25, 0.3) is 0 Å². The van der Waals surface area contributed by atoms with Crippen LogP contribution in [0.25, 0.3) is 0 Å². The lowest BCUT2D eigenvalue weighted by Crippen LogP contribution is -2.52. The van der Waals surface area contributed by atoms with E-state index in [1.54, 1.807) is 0 Å². The Balaban J connectivity index is 2.97. The van der Waals surface area contributed by atoms with Gasteiger partial charge in [-0.2, -0.15) is 4.31 Å². The summed E-state index contributed by atoms with van der Waals surface area (Å²) in [6.45, 7) is 2.54. The van der Waals surface area contributed by atoms with Crippen LogP contribution in [-0.2, 0) is 19.9 Å². The van der Waals surface area contributed by atoms with E-state index < -0.39 is 24.9 Å². The predicted molar refractivity (Wildman–Crippen MR) is 66.6 cm³/mol. The number of sulfonamides is 1. The van der Waals surface area contributed by atoms with Gasteiger partial charge in [0.2, 0.25) is 10.0 Å². The highest BCUT2D eigenvalue weighted by atomic mass is 32.3. The molecule has 1 rings (SSSR count). The highest BCUT2D eigenvalue weighted by Gasteiger charge is 2.36. The van der Waals surface area contributed by atoms with Gasteiger partial charge in [0.15, 0.2) is 14.9 Å². The van der Waals surface area contributed by atoms with Crippen LogP contribution in [0.1, 0.15) is 19.8 Å². The van der Waals surface area contributed by atoms with Crippen molar-refractivity contribution in [2.45, 2.75) is 25.8 Å². The normalized spacial score (nSPS) is 28.2. The summed E-state index contributed by atoms with van der Waals surface area (Å²) < 4.78 is 47.5. The summed E-state index contributed by atoms with van der Waals surface area (Å²) >= 11 is 0. The fourth-order valence-corrected chi connectivity index (χ4v) is 6.06. The molecule has 8 heteroatoms. The van der Waals surface area contributed by atoms with Crippen molar-refractivity contribution in [2.75, 3.05) is 24.4 Å². The van der Waals surface area contributed by atoms with Crippen LogP contribution >= 0.6 is 0 Å². The number of hydrogen-bond donors (Lipinski definition) is 1. The molecule has 0 aromatic carbocycles. The number of nitrogens with zero attached hydrogens (tertiary/aromatic N) is 1. The Morgan fingerprint density at radius 2 is 1.88 bits per heavy atom. The molecule has 0 aliphatic carbocycles. The second kappa shape index (κ2) is 5.21. The summed E-state index contributed by atoms with van der Waals surface area (Å²) in [5.41, 5.74) is 5.59. The van der Waals surface area contributed by atoms with Gasteiger partial charge < -0.3 is 5.73 Å². The SMILES string of the molecule is CC1CCCN(S(=O)(=O)CS(C)(=O)=O)C1CN. The van der Waals surface area contributed by atoms with Crippen LogP contribution in [0.4, 0.5) is 0 Å². The van der Waals surface area contributed by atoms with E-state index in [0.717, 1.165) is 19.1 Å². The van der Waals surface area contributed by atoms with Crippen molar-refractivity contribution in [3.05, 3.63) is 0 Å². The standard InChI is InChI=1S/C9H20N2O4S2/c1-8-4-3-5-11(9(8)6-10)17(14,15)7-16(2,12)13/h8-9H,3-7,10H2,1-2H3. The smallest absolute Gasteiger partial charge is 0.228 e. The van der Waals surface area contributed by atoms with Gasteiger partial charge in [0, 0.05) is 25.4 Å². The van der Waals surface area contributed by atoms with Gasteiger partial charge in [-0.15, -0.1) is 0 Å². The van der Waals surface area contributed by atoms with E-state index in [1.165, 1.54) is 4.31 Å². The molecule has 17 heavy (non-hydrogen) atoms. The Hall–Kier alpha value is -0.180. The molecule has 2 N–H and O–H groups in total. The molecular weight excluding hydrogens is 264 g/mol. The minimum absolute atomic E-state index is 0.170. The zero-order valence-corrected chi connectivity index (χ0v) is 11.8. The van der Waals surface area contributed by atoms with Crippen molar-refractivity contribution in [3.63, 3.8) is 0 Å². The molecule has 1 heterocycles. The first kappa shape index (κ1) is 14.9. The maximum atomic E-state index is 12.0. The molecule has 0 spiro atoms. The van der Waals surface area contributed by atoms with Gasteiger partial charge in [-0.05, 0) is 18.8 Å². The molecule has 1 saturated heterocycles. The Bertz CT molecular complexity index is 457. The van der Waals surface area contributed by atoms with Crippen molar-refractivity contribution in [3.8, 4) is 0 Å². The molecule has 0 amide bonds. The van der Waals surface area contributed by atoms with Crippen LogP contribution in [0, 0.1) is 5.92 Å². The molecule has 0 saturated carbocycles. The third kappa shape index (κ3) is 3.90. The molecule has 0 bridgehead atoms. The van der Waals surface area contributed by atoms with E-state index in [1.807, 2.05) is 6.92 Å². The maximum Gasteiger partial charge on any atom is 0.228 e. The summed E-state index contributed by atoms with van der Waals surface area (Å²) in [5.74, 6) is 0.170. The molecule has 1 fully saturated rings. The average molecular weight is 284 g/mol. The number of piperidine rings is 1. The van der Waals surface area contributed by atoms with E-state index in [4.69, 9.17) is 5.73 Å². The monoisotopic (exact) mass is 284 g/mol. The van der Waals surface area contributed by atoms with Gasteiger partial charge in [-0.25, -0.2) is 16.8 Å². The number of nitrogens with two attached hydrogens (primary N) is 1. The highest BCUT2D eigenvalue weighted by molar-refractivity contribution is 8.06. The van der Waals surface area contributed by atoms with Gasteiger partial charge >= 0.3 is 0 Å². The number of sulfone groups is 1. The Labute approximate surface area is 103 Å². The first-order valence-electron chi connectivity index (χ1n) is 5.54. The summed E-state index contributed by atoms with van der Waals surface area (Å²) in [7, 11) is -7.32. The maximum absolute atomic E-state index is 12.0. The number of hydrogen-bond acceptors (Lipinski definition) is 5. The van der Waals surface area contributed by atoms with Crippen molar-refractivity contribution in [1.29, 1.82) is 0 Å².